The van der Waals surface area contributed by atoms with Gasteiger partial charge in [-0.3, -0.25) is 0 Å². The monoisotopic (exact) mass is 243 g/mol. The molecule has 100 valence electrons. The summed E-state index contributed by atoms with van der Waals surface area (Å²) in [6, 6.07) is 0.221. The largest absolute Gasteiger partial charge is 0.389 e. The predicted octanol–water partition coefficient (Wildman–Crippen LogP) is 0.790. The van der Waals surface area contributed by atoms with Crippen molar-refractivity contribution in [2.24, 2.45) is 0 Å². The summed E-state index contributed by atoms with van der Waals surface area (Å²) in [5, 5.41) is 12.7. The molecule has 0 bridgehead atoms. The van der Waals surface area contributed by atoms with Crippen LogP contribution in [0.2, 0.25) is 0 Å². The van der Waals surface area contributed by atoms with Crippen molar-refractivity contribution in [1.29, 1.82) is 0 Å². The van der Waals surface area contributed by atoms with Gasteiger partial charge in [0.1, 0.15) is 0 Å². The number of ether oxygens (including phenoxy) is 2. The summed E-state index contributed by atoms with van der Waals surface area (Å²) < 4.78 is 10.6. The third kappa shape index (κ3) is 11.7. The molecule has 0 rings (SSSR count). The Morgan fingerprint density at radius 3 is 2.59 bits per heavy atom. The van der Waals surface area contributed by atoms with E-state index in [2.05, 4.69) is 11.2 Å². The van der Waals surface area contributed by atoms with E-state index in [1.165, 1.54) is 0 Å². The van der Waals surface area contributed by atoms with E-state index < -0.39 is 6.10 Å². The fourth-order valence-corrected chi connectivity index (χ4v) is 1.21. The molecule has 2 atom stereocenters. The molecule has 0 amide bonds. The van der Waals surface area contributed by atoms with Crippen LogP contribution in [0.15, 0.2) is 0 Å². The fraction of sp³-hybridized carbons (Fsp3) is 0.846. The zero-order valence-electron chi connectivity index (χ0n) is 11.1. The van der Waals surface area contributed by atoms with Crippen LogP contribution in [-0.4, -0.2) is 49.7 Å². The van der Waals surface area contributed by atoms with E-state index in [0.717, 1.165) is 0 Å². The van der Waals surface area contributed by atoms with E-state index in [9.17, 15) is 5.11 Å². The Morgan fingerprint density at radius 2 is 2.00 bits per heavy atom. The normalized spacial score (nSPS) is 14.6. The van der Waals surface area contributed by atoms with Crippen molar-refractivity contribution in [3.05, 3.63) is 0 Å². The molecular weight excluding hydrogens is 218 g/mol. The Labute approximate surface area is 105 Å². The topological polar surface area (TPSA) is 50.7 Å². The minimum Gasteiger partial charge on any atom is -0.389 e. The summed E-state index contributed by atoms with van der Waals surface area (Å²) in [7, 11) is 0. The summed E-state index contributed by atoms with van der Waals surface area (Å²) in [6.07, 6.45) is 5.56. The molecule has 2 unspecified atom stereocenters. The van der Waals surface area contributed by atoms with Crippen LogP contribution in [0.3, 0.4) is 0 Å². The molecule has 0 aliphatic carbocycles. The molecule has 0 aromatic carbocycles. The number of hydrogen-bond acceptors (Lipinski definition) is 4. The first kappa shape index (κ1) is 16.4. The van der Waals surface area contributed by atoms with Gasteiger partial charge in [0.05, 0.1) is 32.0 Å². The molecule has 0 aromatic heterocycles. The Morgan fingerprint density at radius 1 is 1.29 bits per heavy atom. The number of nitrogens with one attached hydrogen (secondary N) is 1. The maximum absolute atomic E-state index is 9.59. The summed E-state index contributed by atoms with van der Waals surface area (Å²) in [5.74, 6) is 2.57. The quantitative estimate of drug-likeness (QED) is 0.440. The van der Waals surface area contributed by atoms with Crippen molar-refractivity contribution in [2.45, 2.75) is 45.4 Å². The zero-order valence-corrected chi connectivity index (χ0v) is 11.1. The SMILES string of the molecule is C#CCC(C)NCC(O)COCCOC(C)C. The van der Waals surface area contributed by atoms with Gasteiger partial charge < -0.3 is 19.9 Å². The molecule has 0 spiro atoms. The van der Waals surface area contributed by atoms with E-state index in [-0.39, 0.29) is 12.1 Å². The average Bonchev–Trinajstić information content (AvgIpc) is 2.26. The molecule has 0 saturated heterocycles. The Bertz CT molecular complexity index is 213. The van der Waals surface area contributed by atoms with Gasteiger partial charge >= 0.3 is 0 Å². The number of hydrogen-bond donors (Lipinski definition) is 2. The Kier molecular flexibility index (Phi) is 10.2. The highest BCUT2D eigenvalue weighted by Gasteiger charge is 2.06. The van der Waals surface area contributed by atoms with Crippen LogP contribution in [0, 0.1) is 12.3 Å². The molecule has 0 aliphatic rings. The minimum atomic E-state index is -0.505. The van der Waals surface area contributed by atoms with E-state index in [1.54, 1.807) is 0 Å². The molecule has 4 heteroatoms. The summed E-state index contributed by atoms with van der Waals surface area (Å²) >= 11 is 0. The van der Waals surface area contributed by atoms with Crippen molar-refractivity contribution >= 4 is 0 Å². The predicted molar refractivity (Wildman–Crippen MR) is 68.8 cm³/mol. The number of aliphatic hydroxyl groups excluding tert-OH is 1. The van der Waals surface area contributed by atoms with Crippen molar-refractivity contribution < 1.29 is 14.6 Å². The first-order valence-corrected chi connectivity index (χ1v) is 6.10. The van der Waals surface area contributed by atoms with Crippen LogP contribution < -0.4 is 5.32 Å². The molecule has 0 heterocycles. The molecule has 0 aromatic rings. The molecule has 0 saturated carbocycles. The van der Waals surface area contributed by atoms with Crippen LogP contribution in [0.25, 0.3) is 0 Å². The van der Waals surface area contributed by atoms with E-state index in [0.29, 0.717) is 32.8 Å². The molecule has 0 radical (unpaired) electrons. The maximum atomic E-state index is 9.59. The lowest BCUT2D eigenvalue weighted by Crippen LogP contribution is -2.36. The standard InChI is InChI=1S/C13H25NO3/c1-5-6-12(4)14-9-13(15)10-16-7-8-17-11(2)3/h1,11-15H,6-10H2,2-4H3. The summed E-state index contributed by atoms with van der Waals surface area (Å²) in [4.78, 5) is 0. The summed E-state index contributed by atoms with van der Waals surface area (Å²) in [6.45, 7) is 7.83. The molecule has 0 aliphatic heterocycles. The molecule has 4 nitrogen and oxygen atoms in total. The average molecular weight is 243 g/mol. The van der Waals surface area contributed by atoms with Gasteiger partial charge in [0.15, 0.2) is 0 Å². The molecular formula is C13H25NO3. The van der Waals surface area contributed by atoms with Gasteiger partial charge in [0.2, 0.25) is 0 Å². The number of rotatable bonds is 10. The molecule has 17 heavy (non-hydrogen) atoms. The lowest BCUT2D eigenvalue weighted by atomic mass is 10.2. The van der Waals surface area contributed by atoms with Crippen molar-refractivity contribution in [1.82, 2.24) is 5.32 Å². The summed E-state index contributed by atoms with van der Waals surface area (Å²) in [5.41, 5.74) is 0. The van der Waals surface area contributed by atoms with Gasteiger partial charge in [0.25, 0.3) is 0 Å². The molecule has 0 fully saturated rings. The lowest BCUT2D eigenvalue weighted by molar-refractivity contribution is -0.0104. The second kappa shape index (κ2) is 10.5. The van der Waals surface area contributed by atoms with E-state index >= 15 is 0 Å². The minimum absolute atomic E-state index is 0.217. The second-order valence-corrected chi connectivity index (χ2v) is 4.37. The first-order chi connectivity index (χ1) is 8.06. The van der Waals surface area contributed by atoms with Crippen LogP contribution in [0.5, 0.6) is 0 Å². The third-order valence-corrected chi connectivity index (χ3v) is 2.12. The van der Waals surface area contributed by atoms with Gasteiger partial charge in [-0.1, -0.05) is 0 Å². The maximum Gasteiger partial charge on any atom is 0.0897 e. The van der Waals surface area contributed by atoms with E-state index in [1.807, 2.05) is 20.8 Å². The van der Waals surface area contributed by atoms with E-state index in [4.69, 9.17) is 15.9 Å². The highest BCUT2D eigenvalue weighted by Crippen LogP contribution is 1.91. The first-order valence-electron chi connectivity index (χ1n) is 6.10. The highest BCUT2D eigenvalue weighted by atomic mass is 16.5. The number of aliphatic hydroxyl groups is 1. The smallest absolute Gasteiger partial charge is 0.0897 e. The third-order valence-electron chi connectivity index (χ3n) is 2.12. The number of terminal acetylenes is 1. The zero-order chi connectivity index (χ0) is 13.1. The Hall–Kier alpha value is -0.600. The lowest BCUT2D eigenvalue weighted by Gasteiger charge is -2.16. The van der Waals surface area contributed by atoms with Crippen LogP contribution >= 0.6 is 0 Å². The van der Waals surface area contributed by atoms with Gasteiger partial charge in [0, 0.05) is 19.0 Å². The Balaban J connectivity index is 3.35. The van der Waals surface area contributed by atoms with Gasteiger partial charge in [-0.25, -0.2) is 0 Å². The second-order valence-electron chi connectivity index (χ2n) is 4.37. The van der Waals surface area contributed by atoms with Crippen LogP contribution in [0.4, 0.5) is 0 Å². The van der Waals surface area contributed by atoms with Gasteiger partial charge in [-0.05, 0) is 20.8 Å². The van der Waals surface area contributed by atoms with Gasteiger partial charge in [-0.15, -0.1) is 12.3 Å². The fourth-order valence-electron chi connectivity index (χ4n) is 1.21. The van der Waals surface area contributed by atoms with Gasteiger partial charge in [-0.2, -0.15) is 0 Å². The van der Waals surface area contributed by atoms with Crippen LogP contribution in [0.1, 0.15) is 27.2 Å². The van der Waals surface area contributed by atoms with Crippen molar-refractivity contribution in [3.63, 3.8) is 0 Å². The van der Waals surface area contributed by atoms with Crippen molar-refractivity contribution in [3.8, 4) is 12.3 Å². The van der Waals surface area contributed by atoms with Crippen molar-refractivity contribution in [2.75, 3.05) is 26.4 Å². The van der Waals surface area contributed by atoms with Crippen LogP contribution in [-0.2, 0) is 9.47 Å². The highest BCUT2D eigenvalue weighted by molar-refractivity contribution is 4.88. The molecule has 2 N–H and O–H groups in total.